The molecule has 0 saturated carbocycles. The summed E-state index contributed by atoms with van der Waals surface area (Å²) < 4.78 is -0.931. The van der Waals surface area contributed by atoms with Crippen LogP contribution in [0.15, 0.2) is 0 Å². The van der Waals surface area contributed by atoms with E-state index in [0.29, 0.717) is 0 Å². The average molecular weight is 164 g/mol. The van der Waals surface area contributed by atoms with Crippen LogP contribution in [-0.4, -0.2) is 30.6 Å². The van der Waals surface area contributed by atoms with Crippen molar-refractivity contribution in [3.05, 3.63) is 0 Å². The molecule has 4 nitrogen and oxygen atoms in total. The number of rotatable bonds is 0. The number of aliphatic hydroxyl groups is 2. The molecule has 0 amide bonds. The summed E-state index contributed by atoms with van der Waals surface area (Å²) in [7, 11) is 0. The van der Waals surface area contributed by atoms with E-state index in [1.807, 2.05) is 0 Å². The zero-order chi connectivity index (χ0) is 7.02. The van der Waals surface area contributed by atoms with E-state index in [0.717, 1.165) is 0 Å². The molecule has 0 bridgehead atoms. The van der Waals surface area contributed by atoms with E-state index in [1.165, 1.54) is 0 Å². The summed E-state index contributed by atoms with van der Waals surface area (Å²) in [5, 5.41) is 17.3. The van der Waals surface area contributed by atoms with Crippen LogP contribution in [0.2, 0.25) is 0 Å². The summed E-state index contributed by atoms with van der Waals surface area (Å²) in [6.45, 7) is 0. The minimum absolute atomic E-state index is 0.465. The second-order valence-electron chi connectivity index (χ2n) is 1.74. The summed E-state index contributed by atoms with van der Waals surface area (Å²) in [4.78, 5) is 20.8. The third-order valence-corrected chi connectivity index (χ3v) is 2.78. The molecule has 0 aromatic heterocycles. The summed E-state index contributed by atoms with van der Waals surface area (Å²) >= 11 is -1.37. The molecule has 1 aliphatic rings. The van der Waals surface area contributed by atoms with Crippen LogP contribution in [0.5, 0.6) is 0 Å². The zero-order valence-corrected chi connectivity index (χ0v) is 5.93. The molecule has 0 spiro atoms. The van der Waals surface area contributed by atoms with E-state index in [9.17, 15) is 9.59 Å². The Hall–Kier alpha value is -0.0257. The van der Waals surface area contributed by atoms with E-state index >= 15 is 0 Å². The van der Waals surface area contributed by atoms with E-state index < -0.39 is 39.5 Å². The number of hydrogen-bond acceptors (Lipinski definition) is 4. The van der Waals surface area contributed by atoms with Crippen molar-refractivity contribution >= 4 is 8.18 Å². The molecular formula is C4H4O4Ti. The van der Waals surface area contributed by atoms with Crippen molar-refractivity contribution < 1.29 is 39.0 Å². The molecule has 1 aliphatic heterocycles. The van der Waals surface area contributed by atoms with Crippen molar-refractivity contribution in [1.29, 1.82) is 0 Å². The Balaban J connectivity index is 2.77. The Bertz CT molecular complexity index is 148. The van der Waals surface area contributed by atoms with Gasteiger partial charge in [0.1, 0.15) is 0 Å². The molecule has 9 heavy (non-hydrogen) atoms. The fraction of sp³-hybridized carbons (Fsp3) is 0.500. The van der Waals surface area contributed by atoms with Gasteiger partial charge in [-0.05, 0) is 0 Å². The Morgan fingerprint density at radius 3 is 1.56 bits per heavy atom. The Labute approximate surface area is 59.8 Å². The molecule has 0 radical (unpaired) electrons. The van der Waals surface area contributed by atoms with Crippen molar-refractivity contribution in [2.75, 3.05) is 0 Å². The normalized spacial score (nSPS) is 34.9. The maximum atomic E-state index is 10.4. The molecule has 1 rings (SSSR count). The van der Waals surface area contributed by atoms with Crippen LogP contribution < -0.4 is 0 Å². The van der Waals surface area contributed by atoms with Crippen molar-refractivity contribution in [2.24, 2.45) is 0 Å². The van der Waals surface area contributed by atoms with Crippen LogP contribution in [0.25, 0.3) is 0 Å². The molecular weight excluding hydrogens is 160 g/mol. The van der Waals surface area contributed by atoms with Gasteiger partial charge in [0.25, 0.3) is 0 Å². The first kappa shape index (κ1) is 7.09. The fourth-order valence-corrected chi connectivity index (χ4v) is 1.89. The van der Waals surface area contributed by atoms with Gasteiger partial charge in [-0.1, -0.05) is 0 Å². The van der Waals surface area contributed by atoms with Crippen LogP contribution in [0, 0.1) is 0 Å². The number of carbonyl (C=O) groups excluding carboxylic acids is 2. The van der Waals surface area contributed by atoms with Crippen molar-refractivity contribution in [1.82, 2.24) is 0 Å². The van der Waals surface area contributed by atoms with Gasteiger partial charge in [0.15, 0.2) is 0 Å². The number of carbonyl (C=O) groups is 2. The molecule has 2 unspecified atom stereocenters. The molecule has 5 heteroatoms. The Morgan fingerprint density at radius 2 is 1.44 bits per heavy atom. The summed E-state index contributed by atoms with van der Waals surface area (Å²) in [5.41, 5.74) is 0. The minimum atomic E-state index is -1.42. The number of aliphatic hydroxyl groups excluding tert-OH is 2. The molecule has 2 N–H and O–H groups in total. The molecule has 2 atom stereocenters. The SMILES string of the molecule is O=[C]1[Ti][C](=O)C(O)C1O. The van der Waals surface area contributed by atoms with E-state index in [2.05, 4.69) is 0 Å². The van der Waals surface area contributed by atoms with Gasteiger partial charge in [-0.2, -0.15) is 0 Å². The maximum absolute atomic E-state index is 10.4. The molecule has 0 aromatic carbocycles. The Kier molecular flexibility index (Phi) is 1.81. The van der Waals surface area contributed by atoms with E-state index in [-0.39, 0.29) is 0 Å². The molecule has 1 fully saturated rings. The molecule has 1 heterocycles. The quantitative estimate of drug-likeness (QED) is 0.400. The summed E-state index contributed by atoms with van der Waals surface area (Å²) in [5.74, 6) is 0. The van der Waals surface area contributed by atoms with Gasteiger partial charge in [0.2, 0.25) is 0 Å². The van der Waals surface area contributed by atoms with Crippen LogP contribution >= 0.6 is 0 Å². The third kappa shape index (κ3) is 1.12. The van der Waals surface area contributed by atoms with Gasteiger partial charge in [-0.3, -0.25) is 0 Å². The van der Waals surface area contributed by atoms with Gasteiger partial charge < -0.3 is 0 Å². The van der Waals surface area contributed by atoms with Gasteiger partial charge in [-0.25, -0.2) is 0 Å². The van der Waals surface area contributed by atoms with Gasteiger partial charge in [0, 0.05) is 0 Å². The van der Waals surface area contributed by atoms with Crippen LogP contribution in [0.3, 0.4) is 0 Å². The predicted molar refractivity (Wildman–Crippen MR) is 22.0 cm³/mol. The average Bonchev–Trinajstić information content (AvgIpc) is 1.98. The predicted octanol–water partition coefficient (Wildman–Crippen LogP) is -2.14. The topological polar surface area (TPSA) is 74.6 Å². The third-order valence-electron chi connectivity index (χ3n) is 1.08. The van der Waals surface area contributed by atoms with Crippen LogP contribution in [-0.2, 0) is 28.7 Å². The standard InChI is InChI=1S/C4H4O4.Ti/c5-1-3(7)4(8)2-6;/h3-4,7-8H;. The first-order valence-electron chi connectivity index (χ1n) is 2.34. The molecule has 0 aliphatic carbocycles. The monoisotopic (exact) mass is 164 g/mol. The first-order valence-corrected chi connectivity index (χ1v) is 3.90. The van der Waals surface area contributed by atoms with E-state index in [4.69, 9.17) is 10.2 Å². The summed E-state index contributed by atoms with van der Waals surface area (Å²) in [6.07, 6.45) is -2.84. The van der Waals surface area contributed by atoms with Crippen molar-refractivity contribution in [2.45, 2.75) is 12.2 Å². The number of hydrogen-bond donors (Lipinski definition) is 2. The zero-order valence-electron chi connectivity index (χ0n) is 4.37. The summed E-state index contributed by atoms with van der Waals surface area (Å²) in [6, 6.07) is 0. The van der Waals surface area contributed by atoms with Crippen molar-refractivity contribution in [3.63, 3.8) is 0 Å². The van der Waals surface area contributed by atoms with E-state index in [1.54, 1.807) is 0 Å². The Morgan fingerprint density at radius 1 is 1.11 bits per heavy atom. The fourth-order valence-electron chi connectivity index (χ4n) is 0.556. The van der Waals surface area contributed by atoms with Gasteiger partial charge >= 0.3 is 59.3 Å². The van der Waals surface area contributed by atoms with Crippen molar-refractivity contribution in [3.8, 4) is 0 Å². The second-order valence-corrected chi connectivity index (χ2v) is 3.67. The second kappa shape index (κ2) is 2.30. The molecule has 48 valence electrons. The molecule has 1 saturated heterocycles. The van der Waals surface area contributed by atoms with Crippen LogP contribution in [0.4, 0.5) is 0 Å². The van der Waals surface area contributed by atoms with Gasteiger partial charge in [0.05, 0.1) is 0 Å². The first-order chi connectivity index (χ1) is 4.13. The van der Waals surface area contributed by atoms with Crippen LogP contribution in [0.1, 0.15) is 0 Å². The van der Waals surface area contributed by atoms with Gasteiger partial charge in [-0.15, -0.1) is 0 Å². The molecule has 0 aromatic rings.